The number of aromatic nitrogens is 2. The molecule has 1 rings (SSSR count). The lowest BCUT2D eigenvalue weighted by Crippen LogP contribution is -3.00. The van der Waals surface area contributed by atoms with Gasteiger partial charge in [0.2, 0.25) is 0 Å². The van der Waals surface area contributed by atoms with Gasteiger partial charge < -0.3 is 22.4 Å². The molecule has 0 unspecified atom stereocenters. The van der Waals surface area contributed by atoms with E-state index in [1.54, 1.807) is 0 Å². The van der Waals surface area contributed by atoms with Crippen molar-refractivity contribution >= 4 is 6.21 Å². The fourth-order valence-electron chi connectivity index (χ4n) is 1.24. The van der Waals surface area contributed by atoms with Crippen LogP contribution in [0.5, 0.6) is 0 Å². The third-order valence-electron chi connectivity index (χ3n) is 1.96. The number of ether oxygens (including phenoxy) is 1. The Labute approximate surface area is 101 Å². The average Bonchev–Trinajstić information content (AvgIpc) is 2.57. The average molecular weight is 244 g/mol. The number of terminal acetylenes is 1. The van der Waals surface area contributed by atoms with Crippen LogP contribution >= 0.6 is 0 Å². The molecule has 6 heteroatoms. The molecule has 0 amide bonds. The lowest BCUT2D eigenvalue weighted by atomic mass is 10.5. The fraction of sp³-hybridized carbons (Fsp3) is 0.400. The molecule has 0 saturated heterocycles. The number of oxime groups is 1. The second kappa shape index (κ2) is 7.74. The third kappa shape index (κ3) is 3.93. The predicted molar refractivity (Wildman–Crippen MR) is 54.6 cm³/mol. The Balaban J connectivity index is 0.00000225. The van der Waals surface area contributed by atoms with Gasteiger partial charge in [-0.2, -0.15) is 0 Å². The van der Waals surface area contributed by atoms with E-state index >= 15 is 0 Å². The summed E-state index contributed by atoms with van der Waals surface area (Å²) >= 11 is 0. The number of nitrogens with zero attached hydrogens (tertiary/aromatic N) is 3. The van der Waals surface area contributed by atoms with Crippen molar-refractivity contribution in [1.82, 2.24) is 4.57 Å². The first-order valence-electron chi connectivity index (χ1n) is 4.53. The molecular formula is C10H14ClN3O2. The Bertz CT molecular complexity index is 382. The molecule has 0 aliphatic rings. The van der Waals surface area contributed by atoms with Gasteiger partial charge in [-0.05, 0) is 0 Å². The lowest BCUT2D eigenvalue weighted by molar-refractivity contribution is -0.671. The topological polar surface area (TPSA) is 50.6 Å². The molecule has 0 aliphatic carbocycles. The first-order chi connectivity index (χ1) is 7.29. The van der Waals surface area contributed by atoms with Gasteiger partial charge >= 0.3 is 5.82 Å². The molecule has 0 fully saturated rings. The summed E-state index contributed by atoms with van der Waals surface area (Å²) in [6.45, 7) is 1.52. The van der Waals surface area contributed by atoms with E-state index in [4.69, 9.17) is 16.4 Å². The summed E-state index contributed by atoms with van der Waals surface area (Å²) in [4.78, 5) is 0. The molecule has 1 heterocycles. The van der Waals surface area contributed by atoms with E-state index < -0.39 is 0 Å². The van der Waals surface area contributed by atoms with E-state index in [2.05, 4.69) is 11.1 Å². The number of rotatable bonds is 5. The Morgan fingerprint density at radius 2 is 2.50 bits per heavy atom. The lowest BCUT2D eigenvalue weighted by Gasteiger charge is -1.99. The fourth-order valence-corrected chi connectivity index (χ4v) is 1.24. The van der Waals surface area contributed by atoms with Crippen molar-refractivity contribution in [3.05, 3.63) is 18.2 Å². The molecule has 0 saturated carbocycles. The highest BCUT2D eigenvalue weighted by molar-refractivity contribution is 5.72. The maximum atomic E-state index is 8.48. The van der Waals surface area contributed by atoms with Gasteiger partial charge in [0, 0.05) is 0 Å². The highest BCUT2D eigenvalue weighted by Gasteiger charge is 2.11. The quantitative estimate of drug-likeness (QED) is 0.148. The van der Waals surface area contributed by atoms with Crippen LogP contribution < -0.4 is 17.0 Å². The minimum Gasteiger partial charge on any atom is -1.00 e. The maximum Gasteiger partial charge on any atom is 0.303 e. The van der Waals surface area contributed by atoms with Crippen LogP contribution in [-0.2, 0) is 18.3 Å². The van der Waals surface area contributed by atoms with E-state index in [1.165, 1.54) is 6.21 Å². The van der Waals surface area contributed by atoms with Gasteiger partial charge in [0.15, 0.2) is 6.21 Å². The van der Waals surface area contributed by atoms with Crippen LogP contribution in [0.4, 0.5) is 0 Å². The molecular weight excluding hydrogens is 230 g/mol. The van der Waals surface area contributed by atoms with E-state index in [-0.39, 0.29) is 12.4 Å². The zero-order valence-electron chi connectivity index (χ0n) is 9.01. The van der Waals surface area contributed by atoms with Gasteiger partial charge in [-0.15, -0.1) is 6.42 Å². The molecule has 1 aromatic heterocycles. The first-order valence-corrected chi connectivity index (χ1v) is 4.53. The number of hydrogen-bond acceptors (Lipinski definition) is 3. The second-order valence-corrected chi connectivity index (χ2v) is 2.96. The normalized spacial score (nSPS) is 10.0. The van der Waals surface area contributed by atoms with Crippen LogP contribution in [0.15, 0.2) is 17.5 Å². The van der Waals surface area contributed by atoms with Gasteiger partial charge in [-0.3, -0.25) is 0 Å². The van der Waals surface area contributed by atoms with Crippen molar-refractivity contribution in [2.24, 2.45) is 12.2 Å². The van der Waals surface area contributed by atoms with Crippen molar-refractivity contribution < 1.29 is 26.9 Å². The standard InChI is InChI=1S/C10H13N3O2.ClH/c1-3-7-15-8-6-13-5-4-12(2)10(13)9-11-14;/h1,4-5,9H,6-8H2,2H3;1H. The van der Waals surface area contributed by atoms with Gasteiger partial charge in [0.05, 0.1) is 13.7 Å². The van der Waals surface area contributed by atoms with Crippen molar-refractivity contribution in [2.45, 2.75) is 6.54 Å². The van der Waals surface area contributed by atoms with Gasteiger partial charge in [0.1, 0.15) is 25.5 Å². The summed E-state index contributed by atoms with van der Waals surface area (Å²) in [5.74, 6) is 3.19. The summed E-state index contributed by atoms with van der Waals surface area (Å²) in [5, 5.41) is 11.5. The van der Waals surface area contributed by atoms with Crippen LogP contribution in [0.2, 0.25) is 0 Å². The molecule has 0 bridgehead atoms. The van der Waals surface area contributed by atoms with Crippen molar-refractivity contribution in [3.8, 4) is 12.3 Å². The number of hydrogen-bond donors (Lipinski definition) is 1. The summed E-state index contributed by atoms with van der Waals surface area (Å²) in [6, 6.07) is 0. The molecule has 0 aromatic carbocycles. The van der Waals surface area contributed by atoms with Gasteiger partial charge in [-0.1, -0.05) is 11.1 Å². The molecule has 0 spiro atoms. The maximum absolute atomic E-state index is 8.48. The third-order valence-corrected chi connectivity index (χ3v) is 1.96. The molecule has 0 atom stereocenters. The molecule has 0 aliphatic heterocycles. The Kier molecular flexibility index (Phi) is 7.01. The summed E-state index contributed by atoms with van der Waals surface area (Å²) in [5.41, 5.74) is 0. The highest BCUT2D eigenvalue weighted by Crippen LogP contribution is 1.92. The van der Waals surface area contributed by atoms with Gasteiger partial charge in [0.25, 0.3) is 0 Å². The van der Waals surface area contributed by atoms with E-state index in [9.17, 15) is 0 Å². The molecule has 88 valence electrons. The van der Waals surface area contributed by atoms with Crippen molar-refractivity contribution in [1.29, 1.82) is 0 Å². The molecule has 1 N–H and O–H groups in total. The Morgan fingerprint density at radius 3 is 3.12 bits per heavy atom. The van der Waals surface area contributed by atoms with Crippen LogP contribution in [0.1, 0.15) is 5.82 Å². The van der Waals surface area contributed by atoms with Crippen molar-refractivity contribution in [2.75, 3.05) is 13.2 Å². The number of imidazole rings is 1. The second-order valence-electron chi connectivity index (χ2n) is 2.96. The number of aryl methyl sites for hydroxylation is 1. The van der Waals surface area contributed by atoms with Crippen LogP contribution in [0.25, 0.3) is 0 Å². The number of halogens is 1. The zero-order valence-corrected chi connectivity index (χ0v) is 9.76. The minimum absolute atomic E-state index is 0. The summed E-state index contributed by atoms with van der Waals surface area (Å²) in [7, 11) is 1.87. The monoisotopic (exact) mass is 243 g/mol. The first kappa shape index (κ1) is 14.5. The highest BCUT2D eigenvalue weighted by atomic mass is 35.5. The summed E-state index contributed by atoms with van der Waals surface area (Å²) in [6.07, 6.45) is 10.2. The Hall–Kier alpha value is -1.51. The predicted octanol–water partition coefficient (Wildman–Crippen LogP) is -3.23. The largest absolute Gasteiger partial charge is 1.00 e. The molecule has 1 aromatic rings. The van der Waals surface area contributed by atoms with Crippen LogP contribution in [-0.4, -0.2) is 29.2 Å². The minimum atomic E-state index is 0. The molecule has 16 heavy (non-hydrogen) atoms. The van der Waals surface area contributed by atoms with Crippen LogP contribution in [0, 0.1) is 12.3 Å². The molecule has 0 radical (unpaired) electrons. The van der Waals surface area contributed by atoms with Crippen LogP contribution in [0.3, 0.4) is 0 Å². The smallest absolute Gasteiger partial charge is 0.303 e. The summed E-state index contributed by atoms with van der Waals surface area (Å²) < 4.78 is 8.92. The van der Waals surface area contributed by atoms with E-state index in [0.29, 0.717) is 19.8 Å². The SMILES string of the molecule is C#CCOCCn1cc[n+](C)c1/C=N/O.[Cl-]. The molecule has 5 nitrogen and oxygen atoms in total. The van der Waals surface area contributed by atoms with E-state index in [0.717, 1.165) is 5.82 Å². The Morgan fingerprint density at radius 1 is 1.75 bits per heavy atom. The van der Waals surface area contributed by atoms with E-state index in [1.807, 2.05) is 28.6 Å². The van der Waals surface area contributed by atoms with Gasteiger partial charge in [-0.25, -0.2) is 9.13 Å². The zero-order chi connectivity index (χ0) is 11.1. The van der Waals surface area contributed by atoms with Crippen molar-refractivity contribution in [3.63, 3.8) is 0 Å².